The SMILES string of the molecule is CONCCC(=O)O. The molecule has 0 aromatic heterocycles. The Morgan fingerprint density at radius 2 is 2.50 bits per heavy atom. The summed E-state index contributed by atoms with van der Waals surface area (Å²) in [6, 6.07) is 0. The van der Waals surface area contributed by atoms with Crippen molar-refractivity contribution in [3.05, 3.63) is 0 Å². The molecule has 0 unspecified atom stereocenters. The molecule has 0 atom stereocenters. The van der Waals surface area contributed by atoms with Crippen LogP contribution in [0.15, 0.2) is 0 Å². The molecule has 0 saturated carbocycles. The van der Waals surface area contributed by atoms with Crippen molar-refractivity contribution in [3.63, 3.8) is 0 Å². The molecule has 0 saturated heterocycles. The Morgan fingerprint density at radius 1 is 1.88 bits per heavy atom. The Morgan fingerprint density at radius 3 is 2.88 bits per heavy atom. The Hall–Kier alpha value is -0.610. The molecule has 4 nitrogen and oxygen atoms in total. The summed E-state index contributed by atoms with van der Waals surface area (Å²) in [6.07, 6.45) is 0.0911. The molecule has 48 valence electrons. The molecule has 0 aromatic carbocycles. The van der Waals surface area contributed by atoms with Gasteiger partial charge in [0, 0.05) is 6.54 Å². The predicted octanol–water partition coefficient (Wildman–Crippen LogP) is -0.388. The van der Waals surface area contributed by atoms with Gasteiger partial charge in [0.25, 0.3) is 0 Å². The number of hydrogen-bond acceptors (Lipinski definition) is 3. The Balaban J connectivity index is 2.82. The van der Waals surface area contributed by atoms with Gasteiger partial charge in [0.1, 0.15) is 0 Å². The van der Waals surface area contributed by atoms with E-state index < -0.39 is 5.97 Å². The zero-order valence-corrected chi connectivity index (χ0v) is 4.68. The van der Waals surface area contributed by atoms with Gasteiger partial charge in [-0.2, -0.15) is 0 Å². The van der Waals surface area contributed by atoms with Crippen LogP contribution < -0.4 is 5.48 Å². The van der Waals surface area contributed by atoms with Crippen LogP contribution in [0.3, 0.4) is 0 Å². The molecule has 0 heterocycles. The van der Waals surface area contributed by atoms with Crippen molar-refractivity contribution in [1.82, 2.24) is 5.48 Å². The van der Waals surface area contributed by atoms with Crippen LogP contribution in [0.1, 0.15) is 6.42 Å². The third-order valence-corrected chi connectivity index (χ3v) is 0.585. The Kier molecular flexibility index (Phi) is 4.20. The van der Waals surface area contributed by atoms with Crippen LogP contribution in [0.25, 0.3) is 0 Å². The van der Waals surface area contributed by atoms with Crippen LogP contribution in [-0.2, 0) is 9.63 Å². The monoisotopic (exact) mass is 119 g/mol. The van der Waals surface area contributed by atoms with Crippen molar-refractivity contribution in [2.75, 3.05) is 13.7 Å². The average Bonchev–Trinajstić information content (AvgIpc) is 1.66. The van der Waals surface area contributed by atoms with Crippen molar-refractivity contribution in [2.45, 2.75) is 6.42 Å². The van der Waals surface area contributed by atoms with Crippen molar-refractivity contribution < 1.29 is 14.7 Å². The first-order chi connectivity index (χ1) is 3.77. The molecule has 0 fully saturated rings. The number of carbonyl (C=O) groups is 1. The molecule has 0 aromatic rings. The van der Waals surface area contributed by atoms with Crippen molar-refractivity contribution in [2.24, 2.45) is 0 Å². The average molecular weight is 119 g/mol. The molecule has 0 amide bonds. The molecule has 0 spiro atoms. The summed E-state index contributed by atoms with van der Waals surface area (Å²) in [6.45, 7) is 0.353. The van der Waals surface area contributed by atoms with Gasteiger partial charge in [0.05, 0.1) is 13.5 Å². The second-order valence-electron chi connectivity index (χ2n) is 1.24. The summed E-state index contributed by atoms with van der Waals surface area (Å²) in [5.74, 6) is -0.824. The zero-order valence-electron chi connectivity index (χ0n) is 4.68. The van der Waals surface area contributed by atoms with Gasteiger partial charge in [0.2, 0.25) is 0 Å². The van der Waals surface area contributed by atoms with E-state index in [-0.39, 0.29) is 6.42 Å². The van der Waals surface area contributed by atoms with Crippen LogP contribution >= 0.6 is 0 Å². The standard InChI is InChI=1S/C4H9NO3/c1-8-5-3-2-4(6)7/h5H,2-3H2,1H3,(H,6,7). The van der Waals surface area contributed by atoms with Gasteiger partial charge in [-0.05, 0) is 0 Å². The van der Waals surface area contributed by atoms with E-state index in [2.05, 4.69) is 10.3 Å². The van der Waals surface area contributed by atoms with Crippen molar-refractivity contribution in [3.8, 4) is 0 Å². The molecule has 0 aliphatic carbocycles. The van der Waals surface area contributed by atoms with Crippen LogP contribution in [0.2, 0.25) is 0 Å². The molecule has 0 aliphatic heterocycles. The fourth-order valence-corrected chi connectivity index (χ4v) is 0.260. The lowest BCUT2D eigenvalue weighted by molar-refractivity contribution is -0.137. The summed E-state index contributed by atoms with van der Waals surface area (Å²) in [5.41, 5.74) is 2.40. The lowest BCUT2D eigenvalue weighted by Crippen LogP contribution is -2.16. The summed E-state index contributed by atoms with van der Waals surface area (Å²) in [7, 11) is 1.45. The molecule has 0 bridgehead atoms. The van der Waals surface area contributed by atoms with E-state index in [0.717, 1.165) is 0 Å². The van der Waals surface area contributed by atoms with Crippen LogP contribution in [0.4, 0.5) is 0 Å². The van der Waals surface area contributed by atoms with Gasteiger partial charge < -0.3 is 9.94 Å². The van der Waals surface area contributed by atoms with Gasteiger partial charge in [-0.1, -0.05) is 0 Å². The highest BCUT2D eigenvalue weighted by molar-refractivity contribution is 5.66. The topological polar surface area (TPSA) is 58.6 Å². The maximum Gasteiger partial charge on any atom is 0.304 e. The quantitative estimate of drug-likeness (QED) is 0.391. The third kappa shape index (κ3) is 5.39. The molecule has 0 rings (SSSR count). The molecule has 4 heteroatoms. The molecule has 2 N–H and O–H groups in total. The third-order valence-electron chi connectivity index (χ3n) is 0.585. The minimum absolute atomic E-state index is 0.0911. The van der Waals surface area contributed by atoms with Crippen molar-refractivity contribution >= 4 is 5.97 Å². The lowest BCUT2D eigenvalue weighted by Gasteiger charge is -1.94. The van der Waals surface area contributed by atoms with Gasteiger partial charge in [-0.25, -0.2) is 5.48 Å². The first-order valence-corrected chi connectivity index (χ1v) is 2.25. The van der Waals surface area contributed by atoms with E-state index in [1.807, 2.05) is 0 Å². The summed E-state index contributed by atoms with van der Waals surface area (Å²) in [4.78, 5) is 14.2. The first-order valence-electron chi connectivity index (χ1n) is 2.25. The highest BCUT2D eigenvalue weighted by atomic mass is 16.6. The second-order valence-corrected chi connectivity index (χ2v) is 1.24. The zero-order chi connectivity index (χ0) is 6.41. The molecule has 0 aliphatic rings. The van der Waals surface area contributed by atoms with Gasteiger partial charge >= 0.3 is 5.97 Å². The largest absolute Gasteiger partial charge is 0.481 e. The molecular weight excluding hydrogens is 110 g/mol. The maximum absolute atomic E-state index is 9.78. The van der Waals surface area contributed by atoms with Crippen LogP contribution in [0, 0.1) is 0 Å². The van der Waals surface area contributed by atoms with E-state index in [9.17, 15) is 4.79 Å². The van der Waals surface area contributed by atoms with Gasteiger partial charge in [0.15, 0.2) is 0 Å². The van der Waals surface area contributed by atoms with Gasteiger partial charge in [-0.15, -0.1) is 0 Å². The summed E-state index contributed by atoms with van der Waals surface area (Å²) >= 11 is 0. The van der Waals surface area contributed by atoms with E-state index in [1.165, 1.54) is 7.11 Å². The van der Waals surface area contributed by atoms with E-state index in [4.69, 9.17) is 5.11 Å². The second kappa shape index (κ2) is 4.55. The minimum atomic E-state index is -0.824. The molecule has 8 heavy (non-hydrogen) atoms. The van der Waals surface area contributed by atoms with E-state index in [0.29, 0.717) is 6.54 Å². The number of hydrogen-bond donors (Lipinski definition) is 2. The molecule has 0 radical (unpaired) electrons. The highest BCUT2D eigenvalue weighted by Gasteiger charge is 1.92. The van der Waals surface area contributed by atoms with Crippen LogP contribution in [-0.4, -0.2) is 24.7 Å². The number of hydroxylamine groups is 1. The smallest absolute Gasteiger partial charge is 0.304 e. The maximum atomic E-state index is 9.78. The van der Waals surface area contributed by atoms with E-state index >= 15 is 0 Å². The number of aliphatic carboxylic acids is 1. The highest BCUT2D eigenvalue weighted by Crippen LogP contribution is 1.72. The number of carboxylic acid groups (broad SMARTS) is 1. The number of carboxylic acids is 1. The fraction of sp³-hybridized carbons (Fsp3) is 0.750. The van der Waals surface area contributed by atoms with E-state index in [1.54, 1.807) is 0 Å². The summed E-state index contributed by atoms with van der Waals surface area (Å²) in [5, 5.41) is 8.04. The fourth-order valence-electron chi connectivity index (χ4n) is 0.260. The normalized spacial score (nSPS) is 9.12. The Bertz CT molecular complexity index is 73.7. The minimum Gasteiger partial charge on any atom is -0.481 e. The Labute approximate surface area is 47.4 Å². The first kappa shape index (κ1) is 7.39. The summed E-state index contributed by atoms with van der Waals surface area (Å²) < 4.78 is 0. The number of rotatable bonds is 4. The van der Waals surface area contributed by atoms with Gasteiger partial charge in [-0.3, -0.25) is 4.79 Å². The predicted molar refractivity (Wildman–Crippen MR) is 27.3 cm³/mol. The molecular formula is C4H9NO3. The lowest BCUT2D eigenvalue weighted by atomic mass is 10.4. The van der Waals surface area contributed by atoms with Crippen molar-refractivity contribution in [1.29, 1.82) is 0 Å². The van der Waals surface area contributed by atoms with Crippen LogP contribution in [0.5, 0.6) is 0 Å². The number of nitrogens with one attached hydrogen (secondary N) is 1.